The molecular weight excluding hydrogens is 368 g/mol. The lowest BCUT2D eigenvalue weighted by molar-refractivity contribution is 1.26. The van der Waals surface area contributed by atoms with Crippen molar-refractivity contribution in [1.29, 1.82) is 0 Å². The number of hydrogen-bond acceptors (Lipinski definition) is 4. The Morgan fingerprint density at radius 1 is 0.433 bits per heavy atom. The van der Waals surface area contributed by atoms with E-state index in [0.29, 0.717) is 0 Å². The number of benzene rings is 4. The van der Waals surface area contributed by atoms with Gasteiger partial charge in [0.05, 0.1) is 12.4 Å². The van der Waals surface area contributed by atoms with Gasteiger partial charge in [-0.3, -0.25) is 0 Å². The maximum absolute atomic E-state index is 4.26. The number of nitrogens with one attached hydrogen (secondary N) is 2. The summed E-state index contributed by atoms with van der Waals surface area (Å²) in [6, 6.07) is 36.2. The van der Waals surface area contributed by atoms with Gasteiger partial charge in [-0.1, -0.05) is 72.8 Å². The minimum Gasteiger partial charge on any atom is -0.355 e. The quantitative estimate of drug-likeness (QED) is 0.275. The number of nitrogens with zero attached hydrogens (tertiary/aromatic N) is 2. The van der Waals surface area contributed by atoms with Crippen LogP contribution in [0, 0.1) is 0 Å². The van der Waals surface area contributed by atoms with Crippen molar-refractivity contribution in [1.82, 2.24) is 0 Å². The van der Waals surface area contributed by atoms with E-state index in [-0.39, 0.29) is 0 Å². The summed E-state index contributed by atoms with van der Waals surface area (Å²) in [4.78, 5) is 0. The molecule has 0 aliphatic carbocycles. The molecular formula is C26H22N4. The van der Waals surface area contributed by atoms with E-state index in [1.54, 1.807) is 12.4 Å². The highest BCUT2D eigenvalue weighted by molar-refractivity contribution is 5.91. The van der Waals surface area contributed by atoms with E-state index in [4.69, 9.17) is 0 Å². The fraction of sp³-hybridized carbons (Fsp3) is 0. The molecule has 0 radical (unpaired) electrons. The summed E-state index contributed by atoms with van der Waals surface area (Å²) >= 11 is 0. The average molecular weight is 390 g/mol. The Bertz CT molecular complexity index is 1040. The molecule has 4 heteroatoms. The Balaban J connectivity index is 1.48. The minimum atomic E-state index is 0.967. The third kappa shape index (κ3) is 5.20. The Morgan fingerprint density at radius 3 is 1.23 bits per heavy atom. The average Bonchev–Trinajstić information content (AvgIpc) is 2.80. The summed E-state index contributed by atoms with van der Waals surface area (Å²) in [5, 5.41) is 15.4. The maximum atomic E-state index is 4.26. The summed E-state index contributed by atoms with van der Waals surface area (Å²) in [5.41, 5.74) is 5.96. The van der Waals surface area contributed by atoms with Crippen molar-refractivity contribution in [2.45, 2.75) is 0 Å². The lowest BCUT2D eigenvalue weighted by atomic mass is 10.2. The molecule has 0 bridgehead atoms. The summed E-state index contributed by atoms with van der Waals surface area (Å²) in [5.74, 6) is 0. The second-order valence-electron chi connectivity index (χ2n) is 6.65. The zero-order valence-corrected chi connectivity index (χ0v) is 16.4. The van der Waals surface area contributed by atoms with Gasteiger partial charge in [0, 0.05) is 33.9 Å². The van der Waals surface area contributed by atoms with Gasteiger partial charge in [-0.2, -0.15) is 10.2 Å². The first kappa shape index (κ1) is 19.2. The predicted molar refractivity (Wildman–Crippen MR) is 128 cm³/mol. The van der Waals surface area contributed by atoms with Crippen LogP contribution in [0.2, 0.25) is 0 Å². The van der Waals surface area contributed by atoms with Crippen LogP contribution in [-0.2, 0) is 0 Å². The van der Waals surface area contributed by atoms with Gasteiger partial charge in [0.1, 0.15) is 0 Å². The van der Waals surface area contributed by atoms with Crippen LogP contribution in [0.3, 0.4) is 0 Å². The van der Waals surface area contributed by atoms with E-state index in [9.17, 15) is 0 Å². The van der Waals surface area contributed by atoms with Crippen molar-refractivity contribution in [2.75, 3.05) is 10.6 Å². The van der Waals surface area contributed by atoms with Crippen molar-refractivity contribution in [3.8, 4) is 0 Å². The lowest BCUT2D eigenvalue weighted by Gasteiger charge is -2.09. The van der Waals surface area contributed by atoms with Gasteiger partial charge in [-0.15, -0.1) is 0 Å². The van der Waals surface area contributed by atoms with Gasteiger partial charge >= 0.3 is 0 Å². The molecule has 4 aromatic rings. The second-order valence-corrected chi connectivity index (χ2v) is 6.65. The number of rotatable bonds is 7. The van der Waals surface area contributed by atoms with Gasteiger partial charge in [0.25, 0.3) is 0 Å². The summed E-state index contributed by atoms with van der Waals surface area (Å²) in [7, 11) is 0. The second kappa shape index (κ2) is 9.85. The number of anilines is 4. The molecule has 4 nitrogen and oxygen atoms in total. The normalized spacial score (nSPS) is 11.1. The highest BCUT2D eigenvalue weighted by atomic mass is 15.2. The SMILES string of the molecule is C(=NN=Cc1ccccc1Nc1ccccc1)c1ccccc1Nc1ccccc1. The maximum Gasteiger partial charge on any atom is 0.0588 e. The molecule has 0 saturated carbocycles. The zero-order chi connectivity index (χ0) is 20.4. The van der Waals surface area contributed by atoms with Crippen LogP contribution in [0.15, 0.2) is 119 Å². The standard InChI is InChI=1S/C26H22N4/c1-3-13-23(14-4-1)29-25-17-9-7-11-21(25)19-27-28-20-22-12-8-10-18-26(22)30-24-15-5-2-6-16-24/h1-20,29-30H. The van der Waals surface area contributed by atoms with Crippen LogP contribution in [-0.4, -0.2) is 12.4 Å². The van der Waals surface area contributed by atoms with Crippen LogP contribution in [0.25, 0.3) is 0 Å². The molecule has 2 N–H and O–H groups in total. The summed E-state index contributed by atoms with van der Waals surface area (Å²) in [6.45, 7) is 0. The van der Waals surface area contributed by atoms with Gasteiger partial charge in [-0.25, -0.2) is 0 Å². The first-order valence-electron chi connectivity index (χ1n) is 9.77. The fourth-order valence-electron chi connectivity index (χ4n) is 2.99. The molecule has 4 rings (SSSR count). The van der Waals surface area contributed by atoms with Crippen LogP contribution >= 0.6 is 0 Å². The van der Waals surface area contributed by atoms with Crippen molar-refractivity contribution < 1.29 is 0 Å². The topological polar surface area (TPSA) is 48.8 Å². The Labute approximate surface area is 176 Å². The van der Waals surface area contributed by atoms with Crippen LogP contribution in [0.1, 0.15) is 11.1 Å². The number of hydrogen-bond donors (Lipinski definition) is 2. The third-order valence-electron chi connectivity index (χ3n) is 4.49. The predicted octanol–water partition coefficient (Wildman–Crippen LogP) is 6.63. The molecule has 0 unspecified atom stereocenters. The Kier molecular flexibility index (Phi) is 6.28. The van der Waals surface area contributed by atoms with E-state index in [1.807, 2.05) is 109 Å². The Hall–Kier alpha value is -4.18. The van der Waals surface area contributed by atoms with Gasteiger partial charge in [-0.05, 0) is 36.4 Å². The molecule has 0 saturated heterocycles. The van der Waals surface area contributed by atoms with Crippen molar-refractivity contribution in [2.24, 2.45) is 10.2 Å². The highest BCUT2D eigenvalue weighted by Gasteiger charge is 2.01. The van der Waals surface area contributed by atoms with Gasteiger partial charge in [0.2, 0.25) is 0 Å². The molecule has 0 atom stereocenters. The third-order valence-corrected chi connectivity index (χ3v) is 4.49. The summed E-state index contributed by atoms with van der Waals surface area (Å²) in [6.07, 6.45) is 3.52. The van der Waals surface area contributed by atoms with Crippen LogP contribution in [0.5, 0.6) is 0 Å². The molecule has 0 amide bonds. The van der Waals surface area contributed by atoms with Crippen molar-refractivity contribution >= 4 is 35.2 Å². The molecule has 0 heterocycles. The summed E-state index contributed by atoms with van der Waals surface area (Å²) < 4.78 is 0. The molecule has 4 aromatic carbocycles. The van der Waals surface area contributed by atoms with E-state index in [2.05, 4.69) is 20.8 Å². The fourth-order valence-corrected chi connectivity index (χ4v) is 2.99. The van der Waals surface area contributed by atoms with E-state index in [0.717, 1.165) is 33.9 Å². The zero-order valence-electron chi connectivity index (χ0n) is 16.4. The molecule has 30 heavy (non-hydrogen) atoms. The first-order chi connectivity index (χ1) is 14.9. The molecule has 0 aromatic heterocycles. The number of para-hydroxylation sites is 4. The highest BCUT2D eigenvalue weighted by Crippen LogP contribution is 2.20. The van der Waals surface area contributed by atoms with Crippen molar-refractivity contribution in [3.05, 3.63) is 120 Å². The smallest absolute Gasteiger partial charge is 0.0588 e. The van der Waals surface area contributed by atoms with Gasteiger partial charge in [0.15, 0.2) is 0 Å². The van der Waals surface area contributed by atoms with Gasteiger partial charge < -0.3 is 10.6 Å². The van der Waals surface area contributed by atoms with Crippen molar-refractivity contribution in [3.63, 3.8) is 0 Å². The molecule has 0 aliphatic heterocycles. The molecule has 146 valence electrons. The van der Waals surface area contributed by atoms with Crippen LogP contribution in [0.4, 0.5) is 22.7 Å². The van der Waals surface area contributed by atoms with E-state index < -0.39 is 0 Å². The lowest BCUT2D eigenvalue weighted by Crippen LogP contribution is -1.95. The van der Waals surface area contributed by atoms with E-state index >= 15 is 0 Å². The molecule has 0 fully saturated rings. The molecule has 0 spiro atoms. The first-order valence-corrected chi connectivity index (χ1v) is 9.77. The Morgan fingerprint density at radius 2 is 0.800 bits per heavy atom. The molecule has 0 aliphatic rings. The monoisotopic (exact) mass is 390 g/mol. The largest absolute Gasteiger partial charge is 0.355 e. The van der Waals surface area contributed by atoms with Crippen LogP contribution < -0.4 is 10.6 Å². The van der Waals surface area contributed by atoms with E-state index in [1.165, 1.54) is 0 Å². The minimum absolute atomic E-state index is 0.967.